The molecule has 0 saturated heterocycles. The number of nitrogens with one attached hydrogen (secondary N) is 2. The summed E-state index contributed by atoms with van der Waals surface area (Å²) >= 11 is 3.17. The van der Waals surface area contributed by atoms with Crippen molar-refractivity contribution in [3.63, 3.8) is 0 Å². The van der Waals surface area contributed by atoms with Crippen molar-refractivity contribution in [1.82, 2.24) is 0 Å². The van der Waals surface area contributed by atoms with Crippen LogP contribution in [0.3, 0.4) is 0 Å². The number of hydrogen-bond donors (Lipinski definition) is 2. The second kappa shape index (κ2) is 6.45. The Balaban J connectivity index is 2.34. The van der Waals surface area contributed by atoms with Crippen LogP contribution in [0.15, 0.2) is 51.8 Å². The number of benzene rings is 2. The Morgan fingerprint density at radius 1 is 1.18 bits per heavy atom. The highest BCUT2D eigenvalue weighted by Gasteiger charge is 2.18. The molecule has 0 spiro atoms. The predicted octanol–water partition coefficient (Wildman–Crippen LogP) is 3.35. The highest BCUT2D eigenvalue weighted by Crippen LogP contribution is 2.26. The average molecular weight is 387 g/mol. The van der Waals surface area contributed by atoms with Gasteiger partial charge in [-0.15, -0.1) is 0 Å². The highest BCUT2D eigenvalue weighted by molar-refractivity contribution is 9.10. The van der Waals surface area contributed by atoms with Crippen molar-refractivity contribution in [2.24, 2.45) is 0 Å². The van der Waals surface area contributed by atoms with Crippen molar-refractivity contribution < 1.29 is 17.6 Å². The quantitative estimate of drug-likeness (QED) is 0.845. The first-order valence-corrected chi connectivity index (χ1v) is 8.42. The molecular formula is C14H12BrFN2O3S. The Morgan fingerprint density at radius 2 is 1.86 bits per heavy atom. The lowest BCUT2D eigenvalue weighted by Crippen LogP contribution is -2.14. The average Bonchev–Trinajstić information content (AvgIpc) is 2.42. The molecule has 0 atom stereocenters. The zero-order valence-electron chi connectivity index (χ0n) is 11.4. The number of anilines is 2. The number of hydrogen-bond acceptors (Lipinski definition) is 3. The SMILES string of the molecule is CC(=O)Nc1cc(NS(=O)(=O)c2ccccc2Br)ccc1F. The lowest BCUT2D eigenvalue weighted by atomic mass is 10.2. The molecule has 2 N–H and O–H groups in total. The van der Waals surface area contributed by atoms with Crippen LogP contribution in [-0.4, -0.2) is 14.3 Å². The van der Waals surface area contributed by atoms with E-state index < -0.39 is 21.7 Å². The first-order valence-electron chi connectivity index (χ1n) is 6.14. The van der Waals surface area contributed by atoms with Crippen molar-refractivity contribution in [3.8, 4) is 0 Å². The Hall–Kier alpha value is -1.93. The van der Waals surface area contributed by atoms with E-state index in [9.17, 15) is 17.6 Å². The maximum absolute atomic E-state index is 13.6. The van der Waals surface area contributed by atoms with Gasteiger partial charge in [0.1, 0.15) is 10.7 Å². The first kappa shape index (κ1) is 16.4. The molecule has 0 aliphatic carbocycles. The second-order valence-electron chi connectivity index (χ2n) is 4.41. The summed E-state index contributed by atoms with van der Waals surface area (Å²) in [5.41, 5.74) is 0.0423. The van der Waals surface area contributed by atoms with Gasteiger partial charge in [0.15, 0.2) is 0 Å². The predicted molar refractivity (Wildman–Crippen MR) is 85.7 cm³/mol. The van der Waals surface area contributed by atoms with Crippen molar-refractivity contribution in [3.05, 3.63) is 52.8 Å². The lowest BCUT2D eigenvalue weighted by molar-refractivity contribution is -0.114. The summed E-state index contributed by atoms with van der Waals surface area (Å²) < 4.78 is 40.9. The van der Waals surface area contributed by atoms with Gasteiger partial charge in [-0.2, -0.15) is 0 Å². The van der Waals surface area contributed by atoms with Gasteiger partial charge < -0.3 is 5.32 Å². The molecule has 0 saturated carbocycles. The largest absolute Gasteiger partial charge is 0.324 e. The number of sulfonamides is 1. The topological polar surface area (TPSA) is 75.3 Å². The van der Waals surface area contributed by atoms with E-state index in [0.717, 1.165) is 6.07 Å². The molecule has 0 aromatic heterocycles. The van der Waals surface area contributed by atoms with E-state index in [2.05, 4.69) is 26.0 Å². The summed E-state index contributed by atoms with van der Waals surface area (Å²) in [6, 6.07) is 9.87. The third-order valence-corrected chi connectivity index (χ3v) is 5.05. The Kier molecular flexibility index (Phi) is 4.82. The van der Waals surface area contributed by atoms with Crippen LogP contribution in [-0.2, 0) is 14.8 Å². The highest BCUT2D eigenvalue weighted by atomic mass is 79.9. The Morgan fingerprint density at radius 3 is 2.50 bits per heavy atom. The van der Waals surface area contributed by atoms with Gasteiger partial charge in [-0.05, 0) is 46.3 Å². The van der Waals surface area contributed by atoms with Crippen LogP contribution >= 0.6 is 15.9 Å². The fourth-order valence-corrected chi connectivity index (χ4v) is 3.80. The molecule has 0 aliphatic heterocycles. The maximum atomic E-state index is 13.6. The van der Waals surface area contributed by atoms with Crippen molar-refractivity contribution in [1.29, 1.82) is 0 Å². The number of rotatable bonds is 4. The van der Waals surface area contributed by atoms with Gasteiger partial charge in [0.25, 0.3) is 10.0 Å². The lowest BCUT2D eigenvalue weighted by Gasteiger charge is -2.11. The second-order valence-corrected chi connectivity index (χ2v) is 6.92. The van der Waals surface area contributed by atoms with Gasteiger partial charge in [-0.1, -0.05) is 12.1 Å². The molecule has 0 aliphatic rings. The monoisotopic (exact) mass is 386 g/mol. The molecule has 0 bridgehead atoms. The summed E-state index contributed by atoms with van der Waals surface area (Å²) in [6.45, 7) is 1.23. The maximum Gasteiger partial charge on any atom is 0.263 e. The summed E-state index contributed by atoms with van der Waals surface area (Å²) in [4.78, 5) is 11.1. The van der Waals surface area contributed by atoms with Crippen molar-refractivity contribution in [2.75, 3.05) is 10.0 Å². The van der Waals surface area contributed by atoms with Gasteiger partial charge in [-0.25, -0.2) is 12.8 Å². The van der Waals surface area contributed by atoms with E-state index in [-0.39, 0.29) is 16.3 Å². The van der Waals surface area contributed by atoms with Crippen LogP contribution < -0.4 is 10.0 Å². The Labute approximate surface area is 135 Å². The van der Waals surface area contributed by atoms with Crippen LogP contribution in [0.5, 0.6) is 0 Å². The van der Waals surface area contributed by atoms with Gasteiger partial charge in [0.05, 0.1) is 11.4 Å². The fourth-order valence-electron chi connectivity index (χ4n) is 1.75. The third-order valence-electron chi connectivity index (χ3n) is 2.66. The van der Waals surface area contributed by atoms with Gasteiger partial charge in [0, 0.05) is 11.4 Å². The van der Waals surface area contributed by atoms with Gasteiger partial charge in [-0.3, -0.25) is 9.52 Å². The molecule has 5 nitrogen and oxygen atoms in total. The van der Waals surface area contributed by atoms with Gasteiger partial charge in [0.2, 0.25) is 5.91 Å². The van der Waals surface area contributed by atoms with Crippen LogP contribution in [0.2, 0.25) is 0 Å². The van der Waals surface area contributed by atoms with Gasteiger partial charge >= 0.3 is 0 Å². The molecular weight excluding hydrogens is 375 g/mol. The summed E-state index contributed by atoms with van der Waals surface area (Å²) in [6.07, 6.45) is 0. The molecule has 2 rings (SSSR count). The molecule has 2 aromatic rings. The molecule has 0 heterocycles. The smallest absolute Gasteiger partial charge is 0.263 e. The third kappa shape index (κ3) is 3.83. The number of carbonyl (C=O) groups is 1. The summed E-state index contributed by atoms with van der Waals surface area (Å²) in [7, 11) is -3.83. The summed E-state index contributed by atoms with van der Waals surface area (Å²) in [5, 5.41) is 2.29. The molecule has 116 valence electrons. The van der Waals surface area contributed by atoms with Crippen LogP contribution in [0, 0.1) is 5.82 Å². The molecule has 1 amide bonds. The minimum absolute atomic E-state index is 0.0559. The van der Waals surface area contributed by atoms with E-state index in [1.807, 2.05) is 0 Å². The van der Waals surface area contributed by atoms with E-state index in [0.29, 0.717) is 4.47 Å². The van der Waals surface area contributed by atoms with Crippen LogP contribution in [0.1, 0.15) is 6.92 Å². The zero-order valence-corrected chi connectivity index (χ0v) is 13.8. The fraction of sp³-hybridized carbons (Fsp3) is 0.0714. The molecule has 0 unspecified atom stereocenters. The molecule has 2 aromatic carbocycles. The molecule has 0 fully saturated rings. The zero-order chi connectivity index (χ0) is 16.3. The van der Waals surface area contributed by atoms with Crippen molar-refractivity contribution >= 4 is 43.2 Å². The molecule has 0 radical (unpaired) electrons. The number of halogens is 2. The standard InChI is InChI=1S/C14H12BrFN2O3S/c1-9(19)17-13-8-10(6-7-12(13)16)18-22(20,21)14-5-3-2-4-11(14)15/h2-8,18H,1H3,(H,17,19). The van der Waals surface area contributed by atoms with Crippen LogP contribution in [0.4, 0.5) is 15.8 Å². The molecule has 8 heteroatoms. The number of carbonyl (C=O) groups excluding carboxylic acids is 1. The van der Waals surface area contributed by atoms with Crippen molar-refractivity contribution in [2.45, 2.75) is 11.8 Å². The Bertz CT molecular complexity index is 825. The minimum atomic E-state index is -3.83. The van der Waals surface area contributed by atoms with E-state index >= 15 is 0 Å². The number of amides is 1. The first-order chi connectivity index (χ1) is 10.3. The van der Waals surface area contributed by atoms with Crippen LogP contribution in [0.25, 0.3) is 0 Å². The van der Waals surface area contributed by atoms with E-state index in [1.54, 1.807) is 18.2 Å². The molecule has 22 heavy (non-hydrogen) atoms. The minimum Gasteiger partial charge on any atom is -0.324 e. The summed E-state index contributed by atoms with van der Waals surface area (Å²) in [5.74, 6) is -1.11. The van der Waals surface area contributed by atoms with E-state index in [1.165, 1.54) is 25.1 Å². The van der Waals surface area contributed by atoms with E-state index in [4.69, 9.17) is 0 Å². The normalized spacial score (nSPS) is 11.0.